The van der Waals surface area contributed by atoms with Gasteiger partial charge in [-0.15, -0.1) is 10.2 Å². The maximum Gasteiger partial charge on any atom is 0.242 e. The fourth-order valence-corrected chi connectivity index (χ4v) is 6.15. The molecular formula is C20H21ClN4O3S. The number of aromatic nitrogens is 3. The summed E-state index contributed by atoms with van der Waals surface area (Å²) in [5.41, 5.74) is 0.660. The SMILES string of the molecule is C[C@@H](NC(=O)C1(S(=O)(=O)c2ccc(Cl)cc2)CCCC1)c1nnc2ccccn12. The van der Waals surface area contributed by atoms with Gasteiger partial charge in [-0.1, -0.05) is 30.5 Å². The lowest BCUT2D eigenvalue weighted by Crippen LogP contribution is -2.51. The quantitative estimate of drug-likeness (QED) is 0.667. The molecule has 0 aliphatic heterocycles. The number of benzene rings is 1. The number of rotatable bonds is 5. The number of nitrogens with zero attached hydrogens (tertiary/aromatic N) is 3. The third kappa shape index (κ3) is 3.30. The Morgan fingerprint density at radius 2 is 1.83 bits per heavy atom. The molecule has 9 heteroatoms. The first-order valence-corrected chi connectivity index (χ1v) is 11.3. The van der Waals surface area contributed by atoms with E-state index in [4.69, 9.17) is 11.6 Å². The molecule has 1 aliphatic carbocycles. The predicted octanol–water partition coefficient (Wildman–Crippen LogP) is 3.35. The van der Waals surface area contributed by atoms with E-state index < -0.39 is 26.5 Å². The Morgan fingerprint density at radius 1 is 1.14 bits per heavy atom. The van der Waals surface area contributed by atoms with Gasteiger partial charge in [0, 0.05) is 11.2 Å². The molecule has 1 aliphatic rings. The molecule has 0 spiro atoms. The molecule has 0 unspecified atom stereocenters. The zero-order valence-electron chi connectivity index (χ0n) is 15.9. The lowest BCUT2D eigenvalue weighted by molar-refractivity contribution is -0.124. The summed E-state index contributed by atoms with van der Waals surface area (Å²) < 4.78 is 27.2. The highest BCUT2D eigenvalue weighted by molar-refractivity contribution is 7.93. The highest BCUT2D eigenvalue weighted by atomic mass is 35.5. The molecule has 7 nitrogen and oxygen atoms in total. The van der Waals surface area contributed by atoms with Crippen molar-refractivity contribution in [2.45, 2.75) is 48.3 Å². The Morgan fingerprint density at radius 3 is 2.52 bits per heavy atom. The molecule has 0 saturated heterocycles. The molecule has 0 radical (unpaired) electrons. The van der Waals surface area contributed by atoms with Crippen LogP contribution in [0.25, 0.3) is 5.65 Å². The molecule has 2 aromatic heterocycles. The van der Waals surface area contributed by atoms with Crippen LogP contribution < -0.4 is 5.32 Å². The first kappa shape index (κ1) is 19.8. The maximum atomic E-state index is 13.5. The lowest BCUT2D eigenvalue weighted by Gasteiger charge is -2.29. The van der Waals surface area contributed by atoms with Crippen molar-refractivity contribution in [1.82, 2.24) is 19.9 Å². The minimum atomic E-state index is -3.89. The molecule has 1 fully saturated rings. The van der Waals surface area contributed by atoms with Crippen LogP contribution in [-0.4, -0.2) is 33.7 Å². The van der Waals surface area contributed by atoms with E-state index in [0.717, 1.165) is 0 Å². The summed E-state index contributed by atoms with van der Waals surface area (Å²) >= 11 is 5.90. The molecule has 1 atom stereocenters. The number of hydrogen-bond donors (Lipinski definition) is 1. The molecule has 1 aromatic carbocycles. The van der Waals surface area contributed by atoms with E-state index in [1.165, 1.54) is 24.3 Å². The van der Waals surface area contributed by atoms with Gasteiger partial charge in [0.15, 0.2) is 26.1 Å². The summed E-state index contributed by atoms with van der Waals surface area (Å²) in [7, 11) is -3.89. The van der Waals surface area contributed by atoms with Gasteiger partial charge in [-0.05, 0) is 56.2 Å². The van der Waals surface area contributed by atoms with Gasteiger partial charge in [0.1, 0.15) is 0 Å². The van der Waals surface area contributed by atoms with Crippen LogP contribution in [0.15, 0.2) is 53.6 Å². The average molecular weight is 433 g/mol. The van der Waals surface area contributed by atoms with Gasteiger partial charge in [0.05, 0.1) is 10.9 Å². The second-order valence-electron chi connectivity index (χ2n) is 7.34. The van der Waals surface area contributed by atoms with Gasteiger partial charge < -0.3 is 5.32 Å². The fraction of sp³-hybridized carbons (Fsp3) is 0.350. The predicted molar refractivity (Wildman–Crippen MR) is 109 cm³/mol. The molecule has 4 rings (SSSR count). The molecular weight excluding hydrogens is 412 g/mol. The third-order valence-corrected chi connectivity index (χ3v) is 8.31. The van der Waals surface area contributed by atoms with Crippen molar-refractivity contribution in [3.63, 3.8) is 0 Å². The first-order valence-electron chi connectivity index (χ1n) is 9.46. The Labute approximate surface area is 174 Å². The van der Waals surface area contributed by atoms with E-state index in [2.05, 4.69) is 15.5 Å². The van der Waals surface area contributed by atoms with Gasteiger partial charge in [-0.25, -0.2) is 8.42 Å². The van der Waals surface area contributed by atoms with Gasteiger partial charge in [0.25, 0.3) is 0 Å². The summed E-state index contributed by atoms with van der Waals surface area (Å²) in [6.45, 7) is 1.78. The summed E-state index contributed by atoms with van der Waals surface area (Å²) in [5.74, 6) is 0.0520. The number of amides is 1. The Balaban J connectivity index is 1.66. The Bertz CT molecular complexity index is 1150. The van der Waals surface area contributed by atoms with E-state index in [-0.39, 0.29) is 17.7 Å². The highest BCUT2D eigenvalue weighted by Crippen LogP contribution is 2.41. The van der Waals surface area contributed by atoms with E-state index in [1.54, 1.807) is 11.3 Å². The third-order valence-electron chi connectivity index (χ3n) is 5.54. The highest BCUT2D eigenvalue weighted by Gasteiger charge is 2.53. The van der Waals surface area contributed by atoms with E-state index in [1.807, 2.05) is 24.4 Å². The van der Waals surface area contributed by atoms with Crippen molar-refractivity contribution in [2.24, 2.45) is 0 Å². The number of carbonyl (C=O) groups is 1. The number of halogens is 1. The van der Waals surface area contributed by atoms with Gasteiger partial charge in [-0.3, -0.25) is 9.20 Å². The van der Waals surface area contributed by atoms with E-state index in [0.29, 0.717) is 29.3 Å². The molecule has 1 N–H and O–H groups in total. The van der Waals surface area contributed by atoms with Crippen LogP contribution in [0.4, 0.5) is 0 Å². The number of fused-ring (bicyclic) bond motifs is 1. The normalized spacial score (nSPS) is 17.3. The second kappa shape index (κ2) is 7.42. The van der Waals surface area contributed by atoms with E-state index in [9.17, 15) is 13.2 Å². The topological polar surface area (TPSA) is 93.4 Å². The van der Waals surface area contributed by atoms with Gasteiger partial charge in [0.2, 0.25) is 5.91 Å². The van der Waals surface area contributed by atoms with Crippen molar-refractivity contribution < 1.29 is 13.2 Å². The number of sulfone groups is 1. The Hall–Kier alpha value is -2.45. The summed E-state index contributed by atoms with van der Waals surface area (Å²) in [4.78, 5) is 13.4. The summed E-state index contributed by atoms with van der Waals surface area (Å²) in [6.07, 6.45) is 3.75. The van der Waals surface area contributed by atoms with Crippen molar-refractivity contribution in [3.8, 4) is 0 Å². The van der Waals surface area contributed by atoms with Gasteiger partial charge in [-0.2, -0.15) is 0 Å². The van der Waals surface area contributed by atoms with Crippen LogP contribution in [0, 0.1) is 0 Å². The monoisotopic (exact) mass is 432 g/mol. The Kier molecular flexibility index (Phi) is 5.08. The smallest absolute Gasteiger partial charge is 0.242 e. The zero-order valence-corrected chi connectivity index (χ0v) is 17.4. The van der Waals surface area contributed by atoms with Crippen molar-refractivity contribution in [1.29, 1.82) is 0 Å². The number of pyridine rings is 1. The van der Waals surface area contributed by atoms with Crippen LogP contribution >= 0.6 is 11.6 Å². The minimum absolute atomic E-state index is 0.111. The first-order chi connectivity index (χ1) is 13.8. The number of carbonyl (C=O) groups excluding carboxylic acids is 1. The molecule has 1 amide bonds. The second-order valence-corrected chi connectivity index (χ2v) is 10.0. The molecule has 0 bridgehead atoms. The molecule has 29 heavy (non-hydrogen) atoms. The summed E-state index contributed by atoms with van der Waals surface area (Å²) in [5, 5.41) is 11.6. The van der Waals surface area contributed by atoms with Crippen LogP contribution in [0.1, 0.15) is 44.5 Å². The number of nitrogens with one attached hydrogen (secondary N) is 1. The average Bonchev–Trinajstić information content (AvgIpc) is 3.36. The van der Waals surface area contributed by atoms with Crippen LogP contribution in [-0.2, 0) is 14.6 Å². The van der Waals surface area contributed by atoms with Crippen molar-refractivity contribution >= 4 is 33.0 Å². The lowest BCUT2D eigenvalue weighted by atomic mass is 10.1. The number of hydrogen-bond acceptors (Lipinski definition) is 5. The van der Waals surface area contributed by atoms with Crippen LogP contribution in [0.5, 0.6) is 0 Å². The van der Waals surface area contributed by atoms with Crippen molar-refractivity contribution in [2.75, 3.05) is 0 Å². The van der Waals surface area contributed by atoms with Crippen molar-refractivity contribution in [3.05, 3.63) is 59.5 Å². The largest absolute Gasteiger partial charge is 0.345 e. The van der Waals surface area contributed by atoms with Crippen LogP contribution in [0.3, 0.4) is 0 Å². The molecule has 1 saturated carbocycles. The standard InChI is InChI=1S/C20H21ClN4O3S/c1-14(18-24-23-17-6-2-5-13-25(17)18)22-19(26)20(11-3-4-12-20)29(27,28)16-9-7-15(21)8-10-16/h2,5-10,13-14H,3-4,11-12H2,1H3,(H,22,26)/t14-/m1/s1. The van der Waals surface area contributed by atoms with Gasteiger partial charge >= 0.3 is 0 Å². The minimum Gasteiger partial charge on any atom is -0.345 e. The van der Waals surface area contributed by atoms with Crippen LogP contribution in [0.2, 0.25) is 5.02 Å². The molecule has 3 aromatic rings. The zero-order chi connectivity index (χ0) is 20.6. The fourth-order valence-electron chi connectivity index (χ4n) is 3.95. The van der Waals surface area contributed by atoms with E-state index >= 15 is 0 Å². The molecule has 2 heterocycles. The maximum absolute atomic E-state index is 13.5. The molecule has 152 valence electrons. The summed E-state index contributed by atoms with van der Waals surface area (Å²) in [6, 6.07) is 11.0.